The van der Waals surface area contributed by atoms with Crippen LogP contribution in [0.5, 0.6) is 0 Å². The summed E-state index contributed by atoms with van der Waals surface area (Å²) in [6, 6.07) is 10.7. The van der Waals surface area contributed by atoms with E-state index in [1.165, 1.54) is 12.1 Å². The molecule has 2 aromatic carbocycles. The molecule has 1 saturated heterocycles. The average molecular weight is 466 g/mol. The topological polar surface area (TPSA) is 126 Å². The quantitative estimate of drug-likeness (QED) is 0.444. The zero-order valence-corrected chi connectivity index (χ0v) is 18.3. The molecule has 5 rings (SSSR count). The van der Waals surface area contributed by atoms with Crippen LogP contribution in [0.4, 0.5) is 0 Å². The summed E-state index contributed by atoms with van der Waals surface area (Å²) in [6.07, 6.45) is 3.46. The van der Waals surface area contributed by atoms with Crippen LogP contribution in [0.3, 0.4) is 0 Å². The van der Waals surface area contributed by atoms with Crippen molar-refractivity contribution in [3.63, 3.8) is 0 Å². The maximum absolute atomic E-state index is 12.9. The summed E-state index contributed by atoms with van der Waals surface area (Å²) in [4.78, 5) is 66.8. The second-order valence-electron chi connectivity index (χ2n) is 8.09. The van der Waals surface area contributed by atoms with Crippen molar-refractivity contribution in [3.8, 4) is 11.8 Å². The highest BCUT2D eigenvalue weighted by atomic mass is 16.2. The fourth-order valence-electron chi connectivity index (χ4n) is 4.24. The first-order chi connectivity index (χ1) is 16.9. The van der Waals surface area contributed by atoms with Crippen LogP contribution >= 0.6 is 0 Å². The lowest BCUT2D eigenvalue weighted by Gasteiger charge is -2.27. The van der Waals surface area contributed by atoms with E-state index in [4.69, 9.17) is 0 Å². The van der Waals surface area contributed by atoms with Crippen LogP contribution in [-0.2, 0) is 9.59 Å². The molecule has 1 atom stereocenters. The monoisotopic (exact) mass is 466 g/mol. The number of carbonyl (C=O) groups is 5. The van der Waals surface area contributed by atoms with E-state index in [1.807, 2.05) is 6.07 Å². The molecule has 2 aliphatic rings. The minimum absolute atomic E-state index is 0.0575. The van der Waals surface area contributed by atoms with E-state index in [2.05, 4.69) is 27.5 Å². The Morgan fingerprint density at radius 2 is 1.91 bits per heavy atom. The van der Waals surface area contributed by atoms with Gasteiger partial charge in [0.1, 0.15) is 6.04 Å². The molecule has 3 heterocycles. The lowest BCUT2D eigenvalue weighted by atomic mass is 10.0. The summed E-state index contributed by atoms with van der Waals surface area (Å²) in [5.41, 5.74) is 1.34. The Balaban J connectivity index is 1.28. The zero-order valence-electron chi connectivity index (χ0n) is 18.3. The van der Waals surface area contributed by atoms with E-state index < -0.39 is 29.7 Å². The van der Waals surface area contributed by atoms with Gasteiger partial charge in [-0.15, -0.1) is 0 Å². The van der Waals surface area contributed by atoms with Crippen LogP contribution in [0.25, 0.3) is 10.8 Å². The Labute approximate surface area is 199 Å². The van der Waals surface area contributed by atoms with Gasteiger partial charge in [0.2, 0.25) is 11.8 Å². The Morgan fingerprint density at radius 3 is 2.74 bits per heavy atom. The SMILES string of the molecule is O=C1CCC(N2C(=O)c3ccc(C#CCNC(=O)c4cccc5cnccc45)cc3C2=O)C(=O)N1. The predicted molar refractivity (Wildman–Crippen MR) is 124 cm³/mol. The number of pyridine rings is 1. The fraction of sp³-hybridized carbons (Fsp3) is 0.154. The molecule has 5 amide bonds. The molecule has 172 valence electrons. The van der Waals surface area contributed by atoms with Gasteiger partial charge in [-0.1, -0.05) is 24.0 Å². The molecule has 9 nitrogen and oxygen atoms in total. The third kappa shape index (κ3) is 4.02. The highest BCUT2D eigenvalue weighted by Crippen LogP contribution is 2.28. The summed E-state index contributed by atoms with van der Waals surface area (Å²) in [5.74, 6) is 3.21. The maximum Gasteiger partial charge on any atom is 0.262 e. The zero-order chi connectivity index (χ0) is 24.5. The molecule has 0 aliphatic carbocycles. The van der Waals surface area contributed by atoms with E-state index in [0.717, 1.165) is 15.7 Å². The third-order valence-electron chi connectivity index (χ3n) is 5.94. The number of carbonyl (C=O) groups excluding carboxylic acids is 5. The minimum atomic E-state index is -1.02. The van der Waals surface area contributed by atoms with Crippen molar-refractivity contribution in [2.75, 3.05) is 6.54 Å². The van der Waals surface area contributed by atoms with Gasteiger partial charge in [-0.05, 0) is 42.1 Å². The van der Waals surface area contributed by atoms with Crippen LogP contribution in [0.2, 0.25) is 0 Å². The average Bonchev–Trinajstić information content (AvgIpc) is 3.10. The molecule has 35 heavy (non-hydrogen) atoms. The first-order valence-corrected chi connectivity index (χ1v) is 10.9. The number of imide groups is 2. The standard InChI is InChI=1S/C26H18N4O5/c31-22-9-8-21(24(33)29-22)30-25(34)19-7-6-15(13-20(19)26(30)35)3-2-11-28-23(32)18-5-1-4-16-14-27-12-10-17(16)18/h1,4-7,10,12-14,21H,8-9,11H2,(H,28,32)(H,29,31,33). The number of aromatic nitrogens is 1. The number of nitrogens with zero attached hydrogens (tertiary/aromatic N) is 2. The largest absolute Gasteiger partial charge is 0.341 e. The summed E-state index contributed by atoms with van der Waals surface area (Å²) < 4.78 is 0. The Morgan fingerprint density at radius 1 is 1.09 bits per heavy atom. The maximum atomic E-state index is 12.9. The molecule has 1 unspecified atom stereocenters. The summed E-state index contributed by atoms with van der Waals surface area (Å²) >= 11 is 0. The Kier molecular flexibility index (Phi) is 5.55. The van der Waals surface area contributed by atoms with E-state index in [0.29, 0.717) is 11.1 Å². The number of benzene rings is 2. The first kappa shape index (κ1) is 22.0. The summed E-state index contributed by atoms with van der Waals surface area (Å²) in [5, 5.41) is 6.56. The lowest BCUT2D eigenvalue weighted by molar-refractivity contribution is -0.136. The smallest absolute Gasteiger partial charge is 0.262 e. The minimum Gasteiger partial charge on any atom is -0.341 e. The van der Waals surface area contributed by atoms with Gasteiger partial charge in [0.25, 0.3) is 17.7 Å². The van der Waals surface area contributed by atoms with E-state index in [1.54, 1.807) is 36.7 Å². The van der Waals surface area contributed by atoms with E-state index in [9.17, 15) is 24.0 Å². The molecule has 0 spiro atoms. The number of rotatable bonds is 3. The molecule has 2 aliphatic heterocycles. The number of amides is 5. The van der Waals surface area contributed by atoms with Crippen LogP contribution < -0.4 is 10.6 Å². The molecule has 0 radical (unpaired) electrons. The highest BCUT2D eigenvalue weighted by Gasteiger charge is 2.44. The molecule has 3 aromatic rings. The molecular weight excluding hydrogens is 448 g/mol. The van der Waals surface area contributed by atoms with Gasteiger partial charge in [-0.2, -0.15) is 0 Å². The van der Waals surface area contributed by atoms with E-state index >= 15 is 0 Å². The normalized spacial score (nSPS) is 17.0. The van der Waals surface area contributed by atoms with Crippen molar-refractivity contribution >= 4 is 40.3 Å². The molecule has 0 saturated carbocycles. The van der Waals surface area contributed by atoms with Crippen molar-refractivity contribution < 1.29 is 24.0 Å². The van der Waals surface area contributed by atoms with Gasteiger partial charge in [0, 0.05) is 35.3 Å². The van der Waals surface area contributed by atoms with Crippen LogP contribution in [0, 0.1) is 11.8 Å². The van der Waals surface area contributed by atoms with Gasteiger partial charge in [-0.3, -0.25) is 39.2 Å². The number of hydrogen-bond donors (Lipinski definition) is 2. The number of piperidine rings is 1. The van der Waals surface area contributed by atoms with Gasteiger partial charge < -0.3 is 5.32 Å². The Hall–Kier alpha value is -4.84. The van der Waals surface area contributed by atoms with Crippen LogP contribution in [0.15, 0.2) is 54.9 Å². The predicted octanol–water partition coefficient (Wildman–Crippen LogP) is 1.42. The fourth-order valence-corrected chi connectivity index (χ4v) is 4.24. The molecule has 2 N–H and O–H groups in total. The lowest BCUT2D eigenvalue weighted by Crippen LogP contribution is -2.54. The number of nitrogens with one attached hydrogen (secondary N) is 2. The third-order valence-corrected chi connectivity index (χ3v) is 5.94. The molecule has 1 aromatic heterocycles. The number of fused-ring (bicyclic) bond motifs is 2. The number of hydrogen-bond acceptors (Lipinski definition) is 6. The van der Waals surface area contributed by atoms with Gasteiger partial charge in [0.05, 0.1) is 17.7 Å². The van der Waals surface area contributed by atoms with Gasteiger partial charge >= 0.3 is 0 Å². The second-order valence-corrected chi connectivity index (χ2v) is 8.09. The molecule has 1 fully saturated rings. The van der Waals surface area contributed by atoms with Crippen LogP contribution in [0.1, 0.15) is 49.5 Å². The first-order valence-electron chi connectivity index (χ1n) is 10.9. The summed E-state index contributed by atoms with van der Waals surface area (Å²) in [7, 11) is 0. The molecule has 0 bridgehead atoms. The van der Waals surface area contributed by atoms with Crippen molar-refractivity contribution in [2.24, 2.45) is 0 Å². The second kappa shape index (κ2) is 8.83. The molecule has 9 heteroatoms. The van der Waals surface area contributed by atoms with Crippen molar-refractivity contribution in [1.82, 2.24) is 20.5 Å². The van der Waals surface area contributed by atoms with E-state index in [-0.39, 0.29) is 36.4 Å². The highest BCUT2D eigenvalue weighted by molar-refractivity contribution is 6.23. The van der Waals surface area contributed by atoms with Gasteiger partial charge in [0.15, 0.2) is 0 Å². The van der Waals surface area contributed by atoms with Crippen molar-refractivity contribution in [2.45, 2.75) is 18.9 Å². The molecular formula is C26H18N4O5. The van der Waals surface area contributed by atoms with Crippen molar-refractivity contribution in [3.05, 3.63) is 77.1 Å². The van der Waals surface area contributed by atoms with Crippen LogP contribution in [-0.4, -0.2) is 52.0 Å². The van der Waals surface area contributed by atoms with Gasteiger partial charge in [-0.25, -0.2) is 0 Å². The summed E-state index contributed by atoms with van der Waals surface area (Å²) in [6.45, 7) is 0.0761. The Bertz CT molecular complexity index is 1500. The van der Waals surface area contributed by atoms with Crippen molar-refractivity contribution in [1.29, 1.82) is 0 Å².